The van der Waals surface area contributed by atoms with E-state index in [4.69, 9.17) is 4.84 Å². The molecule has 0 amide bonds. The van der Waals surface area contributed by atoms with Crippen molar-refractivity contribution in [1.29, 1.82) is 0 Å². The Morgan fingerprint density at radius 1 is 1.00 bits per heavy atom. The molecular weight excluding hydrogens is 274 g/mol. The first-order chi connectivity index (χ1) is 10.6. The van der Waals surface area contributed by atoms with Gasteiger partial charge in [0.1, 0.15) is 5.71 Å². The number of benzene rings is 2. The highest BCUT2D eigenvalue weighted by Crippen LogP contribution is 2.24. The third-order valence-electron chi connectivity index (χ3n) is 3.77. The smallest absolute Gasteiger partial charge is 0.312 e. The van der Waals surface area contributed by atoms with Gasteiger partial charge in [0.15, 0.2) is 0 Å². The summed E-state index contributed by atoms with van der Waals surface area (Å²) in [5.41, 5.74) is 6.49. The van der Waals surface area contributed by atoms with E-state index < -0.39 is 5.97 Å². The summed E-state index contributed by atoms with van der Waals surface area (Å²) in [7, 11) is 0. The topological polar surface area (TPSA) is 38.7 Å². The van der Waals surface area contributed by atoms with Gasteiger partial charge in [-0.05, 0) is 43.5 Å². The second-order valence-electron chi connectivity index (χ2n) is 5.56. The highest BCUT2D eigenvalue weighted by atomic mass is 16.7. The zero-order valence-corrected chi connectivity index (χ0v) is 12.9. The first-order valence-corrected chi connectivity index (χ1v) is 7.21. The number of hydrogen-bond donors (Lipinski definition) is 0. The van der Waals surface area contributed by atoms with Gasteiger partial charge in [-0.3, -0.25) is 0 Å². The van der Waals surface area contributed by atoms with Crippen molar-refractivity contribution in [3.63, 3.8) is 0 Å². The zero-order chi connectivity index (χ0) is 15.7. The molecule has 0 unspecified atom stereocenters. The summed E-state index contributed by atoms with van der Waals surface area (Å²) in [5.74, 6) is -0.404. The van der Waals surface area contributed by atoms with Crippen molar-refractivity contribution in [3.8, 4) is 0 Å². The van der Waals surface area contributed by atoms with Gasteiger partial charge in [0.25, 0.3) is 0 Å². The van der Waals surface area contributed by atoms with E-state index in [2.05, 4.69) is 24.2 Å². The van der Waals surface area contributed by atoms with Crippen molar-refractivity contribution in [2.24, 2.45) is 5.16 Å². The fourth-order valence-corrected chi connectivity index (χ4v) is 2.78. The standard InChI is InChI=1S/C19H17NO2/c1-12-9-13(2)16(14(3)10-12)11-17-18(20-22-19(17)21)15-7-5-4-6-8-15/h4-11H,1-3H3/b17-11+. The molecule has 1 aliphatic rings. The van der Waals surface area contributed by atoms with E-state index in [1.165, 1.54) is 5.56 Å². The molecule has 22 heavy (non-hydrogen) atoms. The summed E-state index contributed by atoms with van der Waals surface area (Å²) in [5, 5.41) is 3.94. The monoisotopic (exact) mass is 291 g/mol. The molecule has 0 aliphatic carbocycles. The maximum absolute atomic E-state index is 12.0. The van der Waals surface area contributed by atoms with Gasteiger partial charge in [0.2, 0.25) is 0 Å². The number of carbonyl (C=O) groups is 1. The second-order valence-corrected chi connectivity index (χ2v) is 5.56. The van der Waals surface area contributed by atoms with Crippen LogP contribution in [-0.2, 0) is 9.63 Å². The molecule has 110 valence electrons. The van der Waals surface area contributed by atoms with Crippen LogP contribution >= 0.6 is 0 Å². The summed E-state index contributed by atoms with van der Waals surface area (Å²) in [6.45, 7) is 6.16. The Morgan fingerprint density at radius 3 is 2.27 bits per heavy atom. The van der Waals surface area contributed by atoms with Crippen LogP contribution in [0.15, 0.2) is 53.2 Å². The molecule has 0 atom stereocenters. The van der Waals surface area contributed by atoms with Crippen LogP contribution in [0.1, 0.15) is 27.8 Å². The fourth-order valence-electron chi connectivity index (χ4n) is 2.78. The van der Waals surface area contributed by atoms with Gasteiger partial charge < -0.3 is 4.84 Å². The summed E-state index contributed by atoms with van der Waals surface area (Å²) < 4.78 is 0. The van der Waals surface area contributed by atoms with Crippen molar-refractivity contribution < 1.29 is 9.63 Å². The van der Waals surface area contributed by atoms with E-state index in [9.17, 15) is 4.79 Å². The molecule has 0 fully saturated rings. The lowest BCUT2D eigenvalue weighted by atomic mass is 9.95. The highest BCUT2D eigenvalue weighted by molar-refractivity contribution is 6.31. The third-order valence-corrected chi connectivity index (χ3v) is 3.77. The minimum atomic E-state index is -0.404. The molecule has 0 spiro atoms. The molecule has 2 aromatic carbocycles. The van der Waals surface area contributed by atoms with E-state index >= 15 is 0 Å². The van der Waals surface area contributed by atoms with Gasteiger partial charge in [-0.1, -0.05) is 53.2 Å². The van der Waals surface area contributed by atoms with Crippen molar-refractivity contribution in [2.75, 3.05) is 0 Å². The number of nitrogens with zero attached hydrogens (tertiary/aromatic N) is 1. The normalized spacial score (nSPS) is 15.9. The van der Waals surface area contributed by atoms with E-state index in [0.717, 1.165) is 22.3 Å². The largest absolute Gasteiger partial charge is 0.368 e. The van der Waals surface area contributed by atoms with Gasteiger partial charge in [-0.15, -0.1) is 0 Å². The van der Waals surface area contributed by atoms with Crippen LogP contribution < -0.4 is 0 Å². The number of hydrogen-bond acceptors (Lipinski definition) is 3. The molecule has 0 saturated heterocycles. The second kappa shape index (κ2) is 5.60. The van der Waals surface area contributed by atoms with Crippen LogP contribution in [0.25, 0.3) is 6.08 Å². The van der Waals surface area contributed by atoms with Gasteiger partial charge in [-0.2, -0.15) is 0 Å². The molecule has 2 aromatic rings. The molecule has 0 N–H and O–H groups in total. The fraction of sp³-hybridized carbons (Fsp3) is 0.158. The molecule has 1 aliphatic heterocycles. The molecule has 3 rings (SSSR count). The van der Waals surface area contributed by atoms with Crippen molar-refractivity contribution >= 4 is 17.8 Å². The van der Waals surface area contributed by atoms with Gasteiger partial charge in [0, 0.05) is 5.56 Å². The third kappa shape index (κ3) is 2.58. The average Bonchev–Trinajstić information content (AvgIpc) is 2.85. The van der Waals surface area contributed by atoms with E-state index in [-0.39, 0.29) is 0 Å². The molecule has 3 heteroatoms. The first kappa shape index (κ1) is 14.3. The molecule has 0 aromatic heterocycles. The average molecular weight is 291 g/mol. The number of carbonyl (C=O) groups excluding carboxylic acids is 1. The van der Waals surface area contributed by atoms with E-state index in [1.54, 1.807) is 0 Å². The Kier molecular flexibility index (Phi) is 3.63. The van der Waals surface area contributed by atoms with Crippen molar-refractivity contribution in [1.82, 2.24) is 0 Å². The molecule has 0 bridgehead atoms. The molecule has 0 saturated carbocycles. The number of aryl methyl sites for hydroxylation is 3. The summed E-state index contributed by atoms with van der Waals surface area (Å²) in [6, 6.07) is 13.8. The van der Waals surface area contributed by atoms with E-state index in [0.29, 0.717) is 11.3 Å². The maximum atomic E-state index is 12.0. The van der Waals surface area contributed by atoms with Crippen LogP contribution in [0.4, 0.5) is 0 Å². The quantitative estimate of drug-likeness (QED) is 0.620. The molecular formula is C19H17NO2. The Balaban J connectivity index is 2.10. The lowest BCUT2D eigenvalue weighted by Gasteiger charge is -2.08. The van der Waals surface area contributed by atoms with Gasteiger partial charge in [0.05, 0.1) is 5.57 Å². The highest BCUT2D eigenvalue weighted by Gasteiger charge is 2.27. The summed E-state index contributed by atoms with van der Waals surface area (Å²) >= 11 is 0. The summed E-state index contributed by atoms with van der Waals surface area (Å²) in [6.07, 6.45) is 1.88. The van der Waals surface area contributed by atoms with Gasteiger partial charge >= 0.3 is 5.97 Å². The zero-order valence-electron chi connectivity index (χ0n) is 12.9. The predicted octanol–water partition coefficient (Wildman–Crippen LogP) is 3.96. The number of rotatable bonds is 2. The minimum Gasteiger partial charge on any atom is -0.312 e. The van der Waals surface area contributed by atoms with E-state index in [1.807, 2.05) is 50.3 Å². The first-order valence-electron chi connectivity index (χ1n) is 7.21. The molecule has 3 nitrogen and oxygen atoms in total. The molecule has 0 radical (unpaired) electrons. The lowest BCUT2D eigenvalue weighted by molar-refractivity contribution is -0.136. The minimum absolute atomic E-state index is 0.404. The summed E-state index contributed by atoms with van der Waals surface area (Å²) in [4.78, 5) is 16.9. The number of oxime groups is 1. The van der Waals surface area contributed by atoms with Gasteiger partial charge in [-0.25, -0.2) is 4.79 Å². The Hall–Kier alpha value is -2.68. The Morgan fingerprint density at radius 2 is 1.64 bits per heavy atom. The Bertz CT molecular complexity index is 778. The lowest BCUT2D eigenvalue weighted by Crippen LogP contribution is -2.07. The van der Waals surface area contributed by atoms with Crippen LogP contribution in [-0.4, -0.2) is 11.7 Å². The van der Waals surface area contributed by atoms with Crippen LogP contribution in [0, 0.1) is 20.8 Å². The Labute approximate surface area is 129 Å². The van der Waals surface area contributed by atoms with Crippen molar-refractivity contribution in [3.05, 3.63) is 75.9 Å². The van der Waals surface area contributed by atoms with Crippen LogP contribution in [0.5, 0.6) is 0 Å². The van der Waals surface area contributed by atoms with Crippen LogP contribution in [0.3, 0.4) is 0 Å². The predicted molar refractivity (Wildman–Crippen MR) is 87.7 cm³/mol. The maximum Gasteiger partial charge on any atom is 0.368 e. The van der Waals surface area contributed by atoms with Crippen LogP contribution in [0.2, 0.25) is 0 Å². The molecule has 1 heterocycles. The SMILES string of the molecule is Cc1cc(C)c(/C=C2/C(=O)ON=C2c2ccccc2)c(C)c1. The van der Waals surface area contributed by atoms with Crippen molar-refractivity contribution in [2.45, 2.75) is 20.8 Å².